The first-order valence-corrected chi connectivity index (χ1v) is 9.35. The number of nitrogens with zero attached hydrogens (tertiary/aromatic N) is 2. The summed E-state index contributed by atoms with van der Waals surface area (Å²) in [6, 6.07) is 11.7. The lowest BCUT2D eigenvalue weighted by molar-refractivity contribution is -0.125. The Labute approximate surface area is 161 Å². The van der Waals surface area contributed by atoms with E-state index in [0.717, 1.165) is 22.9 Å². The first-order chi connectivity index (χ1) is 12.6. The van der Waals surface area contributed by atoms with Crippen LogP contribution in [0.15, 0.2) is 53.3 Å². The molecule has 3 rings (SSSR count). The molecule has 1 saturated carbocycles. The van der Waals surface area contributed by atoms with Crippen LogP contribution in [0.4, 0.5) is 5.69 Å². The topological polar surface area (TPSA) is 74.3 Å². The molecule has 7 heteroatoms. The summed E-state index contributed by atoms with van der Waals surface area (Å²) in [5, 5.41) is 5.47. The zero-order chi connectivity index (χ0) is 18.4. The van der Waals surface area contributed by atoms with Crippen molar-refractivity contribution in [2.45, 2.75) is 25.4 Å². The molecule has 1 aromatic heterocycles. The first-order valence-electron chi connectivity index (χ1n) is 8.56. The predicted molar refractivity (Wildman–Crippen MR) is 103 cm³/mol. The van der Waals surface area contributed by atoms with Crippen LogP contribution >= 0.6 is 15.9 Å². The van der Waals surface area contributed by atoms with Crippen LogP contribution in [0.1, 0.15) is 18.4 Å². The number of amides is 2. The van der Waals surface area contributed by atoms with E-state index in [2.05, 4.69) is 36.4 Å². The molecule has 2 aromatic rings. The predicted octanol–water partition coefficient (Wildman–Crippen LogP) is 2.56. The lowest BCUT2D eigenvalue weighted by Gasteiger charge is -2.21. The van der Waals surface area contributed by atoms with Crippen LogP contribution in [-0.4, -0.2) is 40.8 Å². The van der Waals surface area contributed by atoms with Gasteiger partial charge in [0.2, 0.25) is 11.8 Å². The molecule has 1 aromatic carbocycles. The smallest absolute Gasteiger partial charge is 0.243 e. The van der Waals surface area contributed by atoms with Gasteiger partial charge in [-0.05, 0) is 52.5 Å². The van der Waals surface area contributed by atoms with Crippen molar-refractivity contribution < 1.29 is 9.59 Å². The van der Waals surface area contributed by atoms with Crippen LogP contribution < -0.4 is 10.6 Å². The van der Waals surface area contributed by atoms with E-state index in [4.69, 9.17) is 0 Å². The van der Waals surface area contributed by atoms with E-state index in [9.17, 15) is 9.59 Å². The highest BCUT2D eigenvalue weighted by atomic mass is 79.9. The standard InChI is InChI=1S/C19H21BrN4O2/c20-16-5-1-2-6-17(16)23-18(25)11-22-19(26)13-24(15-7-8-15)12-14-4-3-9-21-10-14/h1-6,9-10,15H,7-8,11-13H2,(H,22,26)(H,23,25). The molecule has 1 aliphatic carbocycles. The van der Waals surface area contributed by atoms with E-state index in [0.29, 0.717) is 18.3 Å². The van der Waals surface area contributed by atoms with Crippen LogP contribution in [0.2, 0.25) is 0 Å². The molecule has 0 atom stereocenters. The number of carbonyl (C=O) groups excluding carboxylic acids is 2. The van der Waals surface area contributed by atoms with Gasteiger partial charge >= 0.3 is 0 Å². The second kappa shape index (κ2) is 8.91. The fourth-order valence-corrected chi connectivity index (χ4v) is 3.04. The third kappa shape index (κ3) is 5.64. The van der Waals surface area contributed by atoms with Gasteiger partial charge in [0.15, 0.2) is 0 Å². The molecular weight excluding hydrogens is 396 g/mol. The highest BCUT2D eigenvalue weighted by Crippen LogP contribution is 2.27. The molecule has 0 unspecified atom stereocenters. The lowest BCUT2D eigenvalue weighted by Crippen LogP contribution is -2.41. The highest BCUT2D eigenvalue weighted by Gasteiger charge is 2.30. The second-order valence-corrected chi connectivity index (χ2v) is 7.16. The van der Waals surface area contributed by atoms with Crippen molar-refractivity contribution in [1.29, 1.82) is 0 Å². The number of carbonyl (C=O) groups is 2. The number of benzene rings is 1. The van der Waals surface area contributed by atoms with Gasteiger partial charge in [0, 0.05) is 29.5 Å². The first kappa shape index (κ1) is 18.5. The Bertz CT molecular complexity index is 765. The lowest BCUT2D eigenvalue weighted by atomic mass is 10.2. The molecule has 1 aliphatic rings. The van der Waals surface area contributed by atoms with Gasteiger partial charge in [0.25, 0.3) is 0 Å². The molecule has 26 heavy (non-hydrogen) atoms. The van der Waals surface area contributed by atoms with Gasteiger partial charge in [0.05, 0.1) is 18.8 Å². The van der Waals surface area contributed by atoms with E-state index < -0.39 is 0 Å². The van der Waals surface area contributed by atoms with E-state index in [1.165, 1.54) is 0 Å². The van der Waals surface area contributed by atoms with Crippen molar-refractivity contribution in [2.75, 3.05) is 18.4 Å². The monoisotopic (exact) mass is 416 g/mol. The number of pyridine rings is 1. The molecule has 0 aliphatic heterocycles. The average Bonchev–Trinajstić information content (AvgIpc) is 3.47. The van der Waals surface area contributed by atoms with Crippen LogP contribution in [-0.2, 0) is 16.1 Å². The average molecular weight is 417 g/mol. The molecule has 0 saturated heterocycles. The summed E-state index contributed by atoms with van der Waals surface area (Å²) in [4.78, 5) is 30.5. The summed E-state index contributed by atoms with van der Waals surface area (Å²) >= 11 is 3.38. The molecule has 6 nitrogen and oxygen atoms in total. The van der Waals surface area contributed by atoms with Crippen LogP contribution in [0.5, 0.6) is 0 Å². The van der Waals surface area contributed by atoms with Gasteiger partial charge in [-0.15, -0.1) is 0 Å². The number of aromatic nitrogens is 1. The van der Waals surface area contributed by atoms with E-state index in [-0.39, 0.29) is 24.9 Å². The quantitative estimate of drug-likeness (QED) is 0.693. The SMILES string of the molecule is O=C(CN(Cc1cccnc1)C1CC1)NCC(=O)Nc1ccccc1Br. The molecule has 136 valence electrons. The fourth-order valence-electron chi connectivity index (χ4n) is 2.66. The molecule has 1 heterocycles. The van der Waals surface area contributed by atoms with Gasteiger partial charge < -0.3 is 10.6 Å². The molecular formula is C19H21BrN4O2. The Morgan fingerprint density at radius 1 is 1.15 bits per heavy atom. The van der Waals surface area contributed by atoms with E-state index in [1.807, 2.05) is 36.5 Å². The molecule has 2 N–H and O–H groups in total. The zero-order valence-electron chi connectivity index (χ0n) is 14.3. The Balaban J connectivity index is 1.46. The van der Waals surface area contributed by atoms with Crippen LogP contribution in [0.3, 0.4) is 0 Å². The highest BCUT2D eigenvalue weighted by molar-refractivity contribution is 9.10. The Hall–Kier alpha value is -2.25. The minimum absolute atomic E-state index is 0.0500. The maximum absolute atomic E-state index is 12.2. The molecule has 0 radical (unpaired) electrons. The third-order valence-electron chi connectivity index (χ3n) is 4.11. The minimum atomic E-state index is -0.254. The number of para-hydroxylation sites is 1. The Morgan fingerprint density at radius 3 is 2.65 bits per heavy atom. The van der Waals surface area contributed by atoms with Gasteiger partial charge in [-0.3, -0.25) is 19.5 Å². The van der Waals surface area contributed by atoms with Gasteiger partial charge in [-0.1, -0.05) is 18.2 Å². The Kier molecular flexibility index (Phi) is 6.35. The molecule has 1 fully saturated rings. The van der Waals surface area contributed by atoms with Crippen molar-refractivity contribution in [3.8, 4) is 0 Å². The largest absolute Gasteiger partial charge is 0.346 e. The summed E-state index contributed by atoms with van der Waals surface area (Å²) < 4.78 is 0.802. The van der Waals surface area contributed by atoms with E-state index >= 15 is 0 Å². The maximum atomic E-state index is 12.2. The normalized spacial score (nSPS) is 13.5. The van der Waals surface area contributed by atoms with E-state index in [1.54, 1.807) is 12.3 Å². The van der Waals surface area contributed by atoms with Crippen molar-refractivity contribution in [1.82, 2.24) is 15.2 Å². The third-order valence-corrected chi connectivity index (χ3v) is 4.80. The number of halogens is 1. The second-order valence-electron chi connectivity index (χ2n) is 6.30. The van der Waals surface area contributed by atoms with Crippen molar-refractivity contribution in [2.24, 2.45) is 0 Å². The van der Waals surface area contributed by atoms with Gasteiger partial charge in [-0.25, -0.2) is 0 Å². The number of nitrogens with one attached hydrogen (secondary N) is 2. The van der Waals surface area contributed by atoms with Crippen LogP contribution in [0, 0.1) is 0 Å². The molecule has 0 bridgehead atoms. The maximum Gasteiger partial charge on any atom is 0.243 e. The summed E-state index contributed by atoms with van der Waals surface area (Å²) in [7, 11) is 0. The fraction of sp³-hybridized carbons (Fsp3) is 0.316. The van der Waals surface area contributed by atoms with Gasteiger partial charge in [-0.2, -0.15) is 0 Å². The number of anilines is 1. The number of hydrogen-bond acceptors (Lipinski definition) is 4. The number of rotatable bonds is 8. The minimum Gasteiger partial charge on any atom is -0.346 e. The van der Waals surface area contributed by atoms with Crippen molar-refractivity contribution in [3.63, 3.8) is 0 Å². The zero-order valence-corrected chi connectivity index (χ0v) is 15.9. The molecule has 2 amide bonds. The summed E-state index contributed by atoms with van der Waals surface area (Å²) in [6.07, 6.45) is 5.77. The Morgan fingerprint density at radius 2 is 1.96 bits per heavy atom. The van der Waals surface area contributed by atoms with Gasteiger partial charge in [0.1, 0.15) is 0 Å². The summed E-state index contributed by atoms with van der Waals surface area (Å²) in [6.45, 7) is 0.919. The van der Waals surface area contributed by atoms with Crippen LogP contribution in [0.25, 0.3) is 0 Å². The summed E-state index contributed by atoms with van der Waals surface area (Å²) in [5.74, 6) is -0.404. The van der Waals surface area contributed by atoms with Crippen molar-refractivity contribution >= 4 is 33.4 Å². The number of hydrogen-bond donors (Lipinski definition) is 2. The molecule has 0 spiro atoms. The van der Waals surface area contributed by atoms with Crippen molar-refractivity contribution in [3.05, 3.63) is 58.8 Å². The summed E-state index contributed by atoms with van der Waals surface area (Å²) in [5.41, 5.74) is 1.77.